The van der Waals surface area contributed by atoms with Gasteiger partial charge in [0.25, 0.3) is 11.6 Å². The Morgan fingerprint density at radius 1 is 1.25 bits per heavy atom. The van der Waals surface area contributed by atoms with Gasteiger partial charge in [0.05, 0.1) is 22.2 Å². The normalized spacial score (nSPS) is 13.7. The largest absolute Gasteiger partial charge is 0.507 e. The number of nitrogens with one attached hydrogen (secondary N) is 1. The molecule has 0 spiro atoms. The highest BCUT2D eigenvalue weighted by atomic mass is 16.6. The molecule has 1 amide bonds. The minimum absolute atomic E-state index is 0.132. The topological polar surface area (TPSA) is 118 Å². The summed E-state index contributed by atoms with van der Waals surface area (Å²) in [6.07, 6.45) is 3.30. The fraction of sp³-hybridized carbons (Fsp3) is 0.150. The van der Waals surface area contributed by atoms with Crippen molar-refractivity contribution >= 4 is 28.7 Å². The van der Waals surface area contributed by atoms with Crippen LogP contribution < -0.4 is 5.43 Å². The lowest BCUT2D eigenvalue weighted by Gasteiger charge is -2.08. The van der Waals surface area contributed by atoms with Crippen molar-refractivity contribution in [3.8, 4) is 5.75 Å². The van der Waals surface area contributed by atoms with E-state index in [2.05, 4.69) is 15.5 Å². The first kappa shape index (κ1) is 17.6. The minimum atomic E-state index is -0.572. The van der Waals surface area contributed by atoms with Crippen LogP contribution in [-0.2, 0) is 0 Å². The number of para-hydroxylation sites is 1. The van der Waals surface area contributed by atoms with Gasteiger partial charge in [-0.05, 0) is 31.0 Å². The Morgan fingerprint density at radius 3 is 2.79 bits per heavy atom. The lowest BCUT2D eigenvalue weighted by molar-refractivity contribution is -0.384. The van der Waals surface area contributed by atoms with E-state index in [4.69, 9.17) is 0 Å². The van der Waals surface area contributed by atoms with Crippen LogP contribution in [0.2, 0.25) is 0 Å². The summed E-state index contributed by atoms with van der Waals surface area (Å²) in [4.78, 5) is 27.6. The number of non-ortho nitro benzene ring substituents is 1. The van der Waals surface area contributed by atoms with Crippen LogP contribution in [0.5, 0.6) is 5.75 Å². The van der Waals surface area contributed by atoms with Crippen molar-refractivity contribution in [3.63, 3.8) is 0 Å². The van der Waals surface area contributed by atoms with Crippen LogP contribution in [0.1, 0.15) is 40.4 Å². The van der Waals surface area contributed by atoms with E-state index in [0.717, 1.165) is 29.4 Å². The zero-order chi connectivity index (χ0) is 19.7. The summed E-state index contributed by atoms with van der Waals surface area (Å²) >= 11 is 0. The molecule has 1 aliphatic rings. The molecule has 0 aliphatic heterocycles. The fourth-order valence-corrected chi connectivity index (χ4v) is 2.95. The Kier molecular flexibility index (Phi) is 4.44. The summed E-state index contributed by atoms with van der Waals surface area (Å²) < 4.78 is 0. The minimum Gasteiger partial charge on any atom is -0.507 e. The van der Waals surface area contributed by atoms with E-state index in [1.54, 1.807) is 6.07 Å². The number of carbonyl (C=O) groups is 1. The van der Waals surface area contributed by atoms with Gasteiger partial charge < -0.3 is 5.11 Å². The molecule has 0 atom stereocenters. The van der Waals surface area contributed by atoms with Crippen LogP contribution >= 0.6 is 0 Å². The number of aromatic nitrogens is 1. The highest BCUT2D eigenvalue weighted by molar-refractivity contribution is 6.06. The third kappa shape index (κ3) is 3.52. The van der Waals surface area contributed by atoms with Crippen molar-refractivity contribution in [2.75, 3.05) is 0 Å². The van der Waals surface area contributed by atoms with Gasteiger partial charge >= 0.3 is 0 Å². The van der Waals surface area contributed by atoms with Crippen molar-refractivity contribution < 1.29 is 14.8 Å². The molecule has 4 rings (SSSR count). The molecule has 0 unspecified atom stereocenters. The molecule has 0 radical (unpaired) electrons. The van der Waals surface area contributed by atoms with E-state index in [9.17, 15) is 20.0 Å². The van der Waals surface area contributed by atoms with Crippen molar-refractivity contribution in [3.05, 3.63) is 75.5 Å². The van der Waals surface area contributed by atoms with Gasteiger partial charge in [-0.1, -0.05) is 18.2 Å². The van der Waals surface area contributed by atoms with E-state index >= 15 is 0 Å². The number of nitro groups is 1. The Bertz CT molecular complexity index is 1120. The summed E-state index contributed by atoms with van der Waals surface area (Å²) in [5.74, 6) is -0.197. The zero-order valence-corrected chi connectivity index (χ0v) is 14.7. The third-order valence-corrected chi connectivity index (χ3v) is 4.57. The summed E-state index contributed by atoms with van der Waals surface area (Å²) in [7, 11) is 0. The quantitative estimate of drug-likeness (QED) is 0.401. The van der Waals surface area contributed by atoms with Gasteiger partial charge in [0.2, 0.25) is 0 Å². The Morgan fingerprint density at radius 2 is 2.04 bits per heavy atom. The molecule has 1 saturated carbocycles. The number of carbonyl (C=O) groups excluding carboxylic acids is 1. The molecule has 140 valence electrons. The number of hydrazone groups is 1. The SMILES string of the molecule is O=C(NN=Cc1cc([N+](=O)[O-])ccc1O)c1cc(C2CC2)nc2ccccc12. The van der Waals surface area contributed by atoms with Gasteiger partial charge in [-0.25, -0.2) is 5.43 Å². The van der Waals surface area contributed by atoms with Crippen LogP contribution in [-0.4, -0.2) is 27.1 Å². The standard InChI is InChI=1S/C20H16N4O4/c25-19-8-7-14(24(27)28)9-13(19)11-21-23-20(26)16-10-18(12-5-6-12)22-17-4-2-1-3-15(16)17/h1-4,7-12,25H,5-6H2,(H,23,26). The number of amides is 1. The number of hydrogen-bond donors (Lipinski definition) is 2. The predicted octanol–water partition coefficient (Wildman–Crippen LogP) is 3.49. The van der Waals surface area contributed by atoms with Gasteiger partial charge in [-0.15, -0.1) is 0 Å². The average molecular weight is 376 g/mol. The summed E-state index contributed by atoms with van der Waals surface area (Å²) in [6.45, 7) is 0. The molecule has 0 bridgehead atoms. The molecule has 28 heavy (non-hydrogen) atoms. The number of nitrogens with zero attached hydrogens (tertiary/aromatic N) is 3. The Balaban J connectivity index is 1.60. The number of phenolic OH excluding ortho intramolecular Hbond substituents is 1. The maximum atomic E-state index is 12.7. The molecule has 1 fully saturated rings. The monoisotopic (exact) mass is 376 g/mol. The molecule has 1 aliphatic carbocycles. The van der Waals surface area contributed by atoms with E-state index in [1.165, 1.54) is 24.4 Å². The highest BCUT2D eigenvalue weighted by Crippen LogP contribution is 2.40. The smallest absolute Gasteiger partial charge is 0.272 e. The van der Waals surface area contributed by atoms with E-state index in [0.29, 0.717) is 11.5 Å². The molecule has 1 aromatic heterocycles. The van der Waals surface area contributed by atoms with Gasteiger partial charge in [0.1, 0.15) is 5.75 Å². The highest BCUT2D eigenvalue weighted by Gasteiger charge is 2.26. The molecular weight excluding hydrogens is 360 g/mol. The van der Waals surface area contributed by atoms with Crippen LogP contribution in [0.25, 0.3) is 10.9 Å². The second-order valence-electron chi connectivity index (χ2n) is 6.59. The van der Waals surface area contributed by atoms with Crippen LogP contribution in [0, 0.1) is 10.1 Å². The summed E-state index contributed by atoms with van der Waals surface area (Å²) in [5.41, 5.74) is 4.48. The van der Waals surface area contributed by atoms with Gasteiger partial charge in [0, 0.05) is 34.7 Å². The van der Waals surface area contributed by atoms with Crippen LogP contribution in [0.4, 0.5) is 5.69 Å². The predicted molar refractivity (Wildman–Crippen MR) is 104 cm³/mol. The lowest BCUT2D eigenvalue weighted by Crippen LogP contribution is -2.18. The lowest BCUT2D eigenvalue weighted by atomic mass is 10.1. The third-order valence-electron chi connectivity index (χ3n) is 4.57. The second-order valence-corrected chi connectivity index (χ2v) is 6.59. The molecule has 8 heteroatoms. The van der Waals surface area contributed by atoms with Crippen molar-refractivity contribution in [1.29, 1.82) is 0 Å². The first-order chi connectivity index (χ1) is 13.5. The van der Waals surface area contributed by atoms with Gasteiger partial charge in [-0.2, -0.15) is 5.10 Å². The number of benzene rings is 2. The zero-order valence-electron chi connectivity index (χ0n) is 14.7. The number of hydrogen-bond acceptors (Lipinski definition) is 6. The first-order valence-electron chi connectivity index (χ1n) is 8.73. The molecule has 1 heterocycles. The number of fused-ring (bicyclic) bond motifs is 1. The number of phenols is 1. The number of pyridine rings is 1. The van der Waals surface area contributed by atoms with Gasteiger partial charge in [-0.3, -0.25) is 19.9 Å². The maximum Gasteiger partial charge on any atom is 0.272 e. The number of nitro benzene ring substituents is 1. The first-order valence-corrected chi connectivity index (χ1v) is 8.73. The van der Waals surface area contributed by atoms with E-state index in [-0.39, 0.29) is 17.0 Å². The van der Waals surface area contributed by atoms with Crippen molar-refractivity contribution in [1.82, 2.24) is 10.4 Å². The molecule has 2 aromatic carbocycles. The summed E-state index contributed by atoms with van der Waals surface area (Å²) in [5, 5.41) is 25.2. The van der Waals surface area contributed by atoms with Gasteiger partial charge in [0.15, 0.2) is 0 Å². The second kappa shape index (κ2) is 7.07. The fourth-order valence-electron chi connectivity index (χ4n) is 2.95. The summed E-state index contributed by atoms with van der Waals surface area (Å²) in [6, 6.07) is 12.8. The van der Waals surface area contributed by atoms with Crippen LogP contribution in [0.15, 0.2) is 53.6 Å². The average Bonchev–Trinajstić information content (AvgIpc) is 3.53. The molecule has 8 nitrogen and oxygen atoms in total. The van der Waals surface area contributed by atoms with Crippen LogP contribution in [0.3, 0.4) is 0 Å². The molecular formula is C20H16N4O4. The maximum absolute atomic E-state index is 12.7. The number of aromatic hydroxyl groups is 1. The van der Waals surface area contributed by atoms with Crippen molar-refractivity contribution in [2.24, 2.45) is 5.10 Å². The molecule has 0 saturated heterocycles. The molecule has 2 N–H and O–H groups in total. The Hall–Kier alpha value is -3.81. The Labute approximate surface area is 159 Å². The number of rotatable bonds is 5. The van der Waals surface area contributed by atoms with E-state index < -0.39 is 10.8 Å². The molecule has 3 aromatic rings. The van der Waals surface area contributed by atoms with Crippen molar-refractivity contribution in [2.45, 2.75) is 18.8 Å². The van der Waals surface area contributed by atoms with E-state index in [1.807, 2.05) is 24.3 Å².